The minimum Gasteiger partial charge on any atom is -0.479 e. The van der Waals surface area contributed by atoms with Crippen LogP contribution in [0.1, 0.15) is 34.6 Å². The van der Waals surface area contributed by atoms with Crippen molar-refractivity contribution in [1.82, 2.24) is 19.5 Å². The number of fused-ring (bicyclic) bond motifs is 1. The molecule has 20 heteroatoms. The molecule has 2 unspecified atom stereocenters. The normalized spacial score (nSPS) is 13.6. The number of ether oxygens (including phenoxy) is 3. The number of aliphatic hydroxyl groups excluding tert-OH is 2. The van der Waals surface area contributed by atoms with Gasteiger partial charge in [-0.25, -0.2) is 24.5 Å². The van der Waals surface area contributed by atoms with Crippen molar-refractivity contribution in [3.63, 3.8) is 0 Å². The highest BCUT2D eigenvalue weighted by Gasteiger charge is 2.30. The standard InChI is InChI=1S/C19H30N5O8P.C4H6O6/c1-12(2)18(25)28-9-31-33(27,32-10-29-19(26)13(3)4)11-30-14(5)6-24-8-23-15-16(20)21-7-22-17(15)24;5-1(3(7)8)2(6)4(9)10/h7-8,12-14H,6,9-11H2,1-5H3,(H2,20,21,22);1-2,5-6H,(H,7,8)(H,9,10)/t14-;/m1./s1. The highest BCUT2D eigenvalue weighted by molar-refractivity contribution is 7.53. The summed E-state index contributed by atoms with van der Waals surface area (Å²) in [6, 6.07) is 0. The molecule has 0 saturated carbocycles. The zero-order valence-corrected chi connectivity index (χ0v) is 24.9. The first-order valence-corrected chi connectivity index (χ1v) is 14.3. The molecule has 2 aromatic rings. The van der Waals surface area contributed by atoms with Crippen molar-refractivity contribution in [3.05, 3.63) is 12.7 Å². The number of rotatable bonds is 16. The molecule has 242 valence electrons. The minimum absolute atomic E-state index is 0.255. The lowest BCUT2D eigenvalue weighted by Gasteiger charge is -2.21. The average molecular weight is 638 g/mol. The van der Waals surface area contributed by atoms with E-state index in [4.69, 9.17) is 49.4 Å². The summed E-state index contributed by atoms with van der Waals surface area (Å²) >= 11 is 0. The molecule has 0 saturated heterocycles. The molecule has 0 aliphatic heterocycles. The van der Waals surface area contributed by atoms with E-state index >= 15 is 0 Å². The number of hydrogen-bond acceptors (Lipinski definition) is 16. The Morgan fingerprint density at radius 3 is 1.81 bits per heavy atom. The second-order valence-electron chi connectivity index (χ2n) is 9.34. The third-order valence-corrected chi connectivity index (χ3v) is 6.51. The van der Waals surface area contributed by atoms with Crippen LogP contribution < -0.4 is 5.73 Å². The summed E-state index contributed by atoms with van der Waals surface area (Å²) in [6.45, 7) is 7.41. The van der Waals surface area contributed by atoms with Crippen molar-refractivity contribution in [2.75, 3.05) is 25.7 Å². The van der Waals surface area contributed by atoms with Gasteiger partial charge < -0.3 is 44.9 Å². The highest BCUT2D eigenvalue weighted by atomic mass is 31.2. The Hall–Kier alpha value is -3.74. The number of nitrogens with zero attached hydrogens (tertiary/aromatic N) is 4. The van der Waals surface area contributed by atoms with Gasteiger partial charge in [-0.3, -0.25) is 23.2 Å². The van der Waals surface area contributed by atoms with Gasteiger partial charge in [-0.2, -0.15) is 0 Å². The van der Waals surface area contributed by atoms with Gasteiger partial charge in [0.25, 0.3) is 0 Å². The number of hydrogen-bond donors (Lipinski definition) is 5. The molecule has 2 aromatic heterocycles. The second-order valence-corrected chi connectivity index (χ2v) is 11.3. The number of nitrogen functional groups attached to an aromatic ring is 1. The van der Waals surface area contributed by atoms with E-state index in [9.17, 15) is 23.7 Å². The molecule has 0 aromatic carbocycles. The monoisotopic (exact) mass is 637 g/mol. The van der Waals surface area contributed by atoms with Gasteiger partial charge in [0.05, 0.1) is 30.8 Å². The van der Waals surface area contributed by atoms with Crippen LogP contribution in [0.15, 0.2) is 12.7 Å². The molecule has 2 heterocycles. The topological polar surface area (TPSA) is 282 Å². The van der Waals surface area contributed by atoms with Crippen molar-refractivity contribution in [2.24, 2.45) is 11.8 Å². The van der Waals surface area contributed by atoms with Crippen LogP contribution in [-0.4, -0.2) is 102 Å². The quantitative estimate of drug-likeness (QED) is 0.0932. The zero-order chi connectivity index (χ0) is 32.9. The van der Waals surface area contributed by atoms with Gasteiger partial charge in [-0.1, -0.05) is 27.7 Å². The summed E-state index contributed by atoms with van der Waals surface area (Å²) in [5.74, 6) is -5.12. The van der Waals surface area contributed by atoms with Crippen molar-refractivity contribution in [2.45, 2.75) is 59.5 Å². The van der Waals surface area contributed by atoms with Crippen LogP contribution in [0.25, 0.3) is 11.2 Å². The zero-order valence-electron chi connectivity index (χ0n) is 24.1. The van der Waals surface area contributed by atoms with Gasteiger partial charge >= 0.3 is 31.5 Å². The number of carbonyl (C=O) groups is 4. The predicted molar refractivity (Wildman–Crippen MR) is 144 cm³/mol. The molecular weight excluding hydrogens is 601 g/mol. The van der Waals surface area contributed by atoms with E-state index in [0.717, 1.165) is 0 Å². The van der Waals surface area contributed by atoms with E-state index in [2.05, 4.69) is 15.0 Å². The molecular formula is C23H36N5O14P. The summed E-state index contributed by atoms with van der Waals surface area (Å²) in [4.78, 5) is 55.0. The first kappa shape index (κ1) is 37.3. The minimum atomic E-state index is -3.94. The van der Waals surface area contributed by atoms with Crippen LogP contribution in [0.4, 0.5) is 5.82 Å². The van der Waals surface area contributed by atoms with Crippen LogP contribution in [0.2, 0.25) is 0 Å². The smallest absolute Gasteiger partial charge is 0.361 e. The summed E-state index contributed by atoms with van der Waals surface area (Å²) < 4.78 is 40.6. The molecule has 0 spiro atoms. The number of carbonyl (C=O) groups excluding carboxylic acids is 2. The Balaban J connectivity index is 0.000000790. The van der Waals surface area contributed by atoms with E-state index in [-0.39, 0.29) is 17.7 Å². The summed E-state index contributed by atoms with van der Waals surface area (Å²) in [5.41, 5.74) is 6.77. The fourth-order valence-electron chi connectivity index (χ4n) is 2.63. The summed E-state index contributed by atoms with van der Waals surface area (Å²) in [5, 5.41) is 32.5. The van der Waals surface area contributed by atoms with E-state index in [0.29, 0.717) is 17.7 Å². The Labute approximate surface area is 245 Å². The predicted octanol–water partition coefficient (Wildman–Crippen LogP) is 0.188. The van der Waals surface area contributed by atoms with Crippen molar-refractivity contribution >= 4 is 48.5 Å². The van der Waals surface area contributed by atoms with Crippen LogP contribution in [0.5, 0.6) is 0 Å². The highest BCUT2D eigenvalue weighted by Crippen LogP contribution is 2.48. The van der Waals surface area contributed by atoms with Crippen LogP contribution in [-0.2, 0) is 53.5 Å². The molecule has 0 aliphatic carbocycles. The first-order valence-electron chi connectivity index (χ1n) is 12.5. The molecule has 3 atom stereocenters. The number of carboxylic acids is 2. The molecule has 2 rings (SSSR count). The maximum Gasteiger partial charge on any atom is 0.361 e. The maximum absolute atomic E-state index is 13.1. The van der Waals surface area contributed by atoms with Gasteiger partial charge in [0.15, 0.2) is 23.7 Å². The lowest BCUT2D eigenvalue weighted by Crippen LogP contribution is -2.39. The molecule has 0 radical (unpaired) electrons. The number of imidazole rings is 1. The Morgan fingerprint density at radius 1 is 0.884 bits per heavy atom. The van der Waals surface area contributed by atoms with Crippen molar-refractivity contribution in [1.29, 1.82) is 0 Å². The fourth-order valence-corrected chi connectivity index (χ4v) is 3.71. The molecule has 0 aliphatic rings. The largest absolute Gasteiger partial charge is 0.479 e. The second kappa shape index (κ2) is 17.4. The number of carboxylic acid groups (broad SMARTS) is 2. The number of aromatic nitrogens is 4. The van der Waals surface area contributed by atoms with E-state index in [1.54, 1.807) is 45.5 Å². The molecule has 0 fully saturated rings. The summed E-state index contributed by atoms with van der Waals surface area (Å²) in [7, 11) is -3.94. The molecule has 6 N–H and O–H groups in total. The third-order valence-electron chi connectivity index (χ3n) is 5.05. The SMILES string of the molecule is CC(C)C(=O)OCOP(=O)(CO[C@H](C)Cn1cnc2c(N)ncnc21)OCOC(=O)C(C)C.O=C(O)C(O)C(O)C(=O)O. The molecule has 43 heavy (non-hydrogen) atoms. The summed E-state index contributed by atoms with van der Waals surface area (Å²) in [6.07, 6.45) is -2.62. The lowest BCUT2D eigenvalue weighted by molar-refractivity contribution is -0.165. The maximum atomic E-state index is 13.1. The van der Waals surface area contributed by atoms with Crippen molar-refractivity contribution < 1.29 is 67.4 Å². The van der Waals surface area contributed by atoms with Crippen molar-refractivity contribution in [3.8, 4) is 0 Å². The number of nitrogens with two attached hydrogens (primary N) is 1. The fraction of sp³-hybridized carbons (Fsp3) is 0.609. The van der Waals surface area contributed by atoms with Gasteiger partial charge in [0.2, 0.25) is 13.6 Å². The Morgan fingerprint density at radius 2 is 1.37 bits per heavy atom. The molecule has 19 nitrogen and oxygen atoms in total. The third kappa shape index (κ3) is 12.6. The van der Waals surface area contributed by atoms with Crippen LogP contribution in [0, 0.1) is 11.8 Å². The molecule has 0 bridgehead atoms. The van der Waals surface area contributed by atoms with Crippen LogP contribution in [0.3, 0.4) is 0 Å². The van der Waals surface area contributed by atoms with E-state index in [1.165, 1.54) is 6.33 Å². The number of esters is 2. The Bertz CT molecular complexity index is 1240. The molecule has 0 amide bonds. The lowest BCUT2D eigenvalue weighted by atomic mass is 10.2. The van der Waals surface area contributed by atoms with E-state index in [1.807, 2.05) is 0 Å². The van der Waals surface area contributed by atoms with Crippen LogP contribution >= 0.6 is 7.60 Å². The van der Waals surface area contributed by atoms with Gasteiger partial charge in [0.1, 0.15) is 18.2 Å². The number of aliphatic hydroxyl groups is 2. The van der Waals surface area contributed by atoms with Gasteiger partial charge in [-0.15, -0.1) is 0 Å². The number of anilines is 1. The Kier molecular flexibility index (Phi) is 15.1. The first-order chi connectivity index (χ1) is 20.0. The van der Waals surface area contributed by atoms with Gasteiger partial charge in [0, 0.05) is 0 Å². The number of aliphatic carboxylic acids is 2. The average Bonchev–Trinajstić information content (AvgIpc) is 3.34. The van der Waals surface area contributed by atoms with E-state index < -0.39 is 69.7 Å². The van der Waals surface area contributed by atoms with Gasteiger partial charge in [-0.05, 0) is 6.92 Å².